The molecule has 1 aromatic heterocycles. The van der Waals surface area contributed by atoms with Gasteiger partial charge in [-0.05, 0) is 50.5 Å². The predicted molar refractivity (Wildman–Crippen MR) is 105 cm³/mol. The highest BCUT2D eigenvalue weighted by atomic mass is 16.5. The fourth-order valence-electron chi connectivity index (χ4n) is 4.73. The molecule has 27 heavy (non-hydrogen) atoms. The number of likely N-dealkylation sites (tertiary alicyclic amines) is 1. The van der Waals surface area contributed by atoms with E-state index in [4.69, 9.17) is 14.7 Å². The van der Waals surface area contributed by atoms with Crippen LogP contribution >= 0.6 is 0 Å². The summed E-state index contributed by atoms with van der Waals surface area (Å²) in [7, 11) is 1.70. The largest absolute Gasteiger partial charge is 0.383 e. The predicted octanol–water partition coefficient (Wildman–Crippen LogP) is 2.91. The first-order chi connectivity index (χ1) is 13.1. The van der Waals surface area contributed by atoms with E-state index in [1.807, 2.05) is 4.90 Å². The Labute approximate surface area is 162 Å². The molecule has 6 nitrogen and oxygen atoms in total. The van der Waals surface area contributed by atoms with Crippen LogP contribution in [0.25, 0.3) is 0 Å². The number of aromatic nitrogens is 2. The van der Waals surface area contributed by atoms with Crippen molar-refractivity contribution >= 4 is 11.9 Å². The zero-order valence-corrected chi connectivity index (χ0v) is 16.7. The molecule has 3 aliphatic rings. The number of anilines is 1. The quantitative estimate of drug-likeness (QED) is 0.795. The summed E-state index contributed by atoms with van der Waals surface area (Å²) >= 11 is 0. The van der Waals surface area contributed by atoms with E-state index in [2.05, 4.69) is 17.9 Å². The number of piperidine rings is 2. The Bertz CT molecular complexity index is 681. The molecule has 1 spiro atoms. The van der Waals surface area contributed by atoms with Gasteiger partial charge < -0.3 is 14.5 Å². The molecular weight excluding hydrogens is 340 g/mol. The van der Waals surface area contributed by atoms with Gasteiger partial charge in [0, 0.05) is 57.0 Å². The van der Waals surface area contributed by atoms with Gasteiger partial charge in [-0.15, -0.1) is 0 Å². The topological polar surface area (TPSA) is 58.6 Å². The molecule has 0 radical (unpaired) electrons. The van der Waals surface area contributed by atoms with Gasteiger partial charge in [0.15, 0.2) is 0 Å². The van der Waals surface area contributed by atoms with E-state index in [-0.39, 0.29) is 11.3 Å². The second-order valence-electron chi connectivity index (χ2n) is 8.66. The fraction of sp³-hybridized carbons (Fsp3) is 0.762. The van der Waals surface area contributed by atoms with E-state index < -0.39 is 0 Å². The molecule has 0 unspecified atom stereocenters. The molecule has 0 N–H and O–H groups in total. The Balaban J connectivity index is 1.41. The third-order valence-corrected chi connectivity index (χ3v) is 6.81. The highest BCUT2D eigenvalue weighted by Gasteiger charge is 2.41. The van der Waals surface area contributed by atoms with E-state index in [0.717, 1.165) is 50.5 Å². The molecular formula is C21H32N4O2. The van der Waals surface area contributed by atoms with Crippen molar-refractivity contribution in [2.24, 2.45) is 5.41 Å². The van der Waals surface area contributed by atoms with Crippen LogP contribution in [-0.2, 0) is 9.53 Å². The van der Waals surface area contributed by atoms with Crippen LogP contribution in [0, 0.1) is 12.3 Å². The first-order valence-corrected chi connectivity index (χ1v) is 10.5. The van der Waals surface area contributed by atoms with Gasteiger partial charge in [0.05, 0.1) is 6.61 Å². The number of amides is 1. The van der Waals surface area contributed by atoms with E-state index in [9.17, 15) is 4.79 Å². The molecule has 0 bridgehead atoms. The summed E-state index contributed by atoms with van der Waals surface area (Å²) in [4.78, 5) is 26.2. The molecule has 0 atom stereocenters. The third-order valence-electron chi connectivity index (χ3n) is 6.81. The van der Waals surface area contributed by atoms with Gasteiger partial charge >= 0.3 is 0 Å². The Morgan fingerprint density at radius 1 is 1.22 bits per heavy atom. The van der Waals surface area contributed by atoms with Crippen LogP contribution in [0.5, 0.6) is 0 Å². The molecule has 4 rings (SSSR count). The van der Waals surface area contributed by atoms with E-state index in [1.54, 1.807) is 7.11 Å². The molecule has 3 heterocycles. The van der Waals surface area contributed by atoms with Crippen molar-refractivity contribution in [2.75, 3.05) is 44.8 Å². The number of rotatable bonds is 5. The Kier molecular flexibility index (Phi) is 5.35. The minimum Gasteiger partial charge on any atom is -0.383 e. The second kappa shape index (κ2) is 7.74. The molecule has 3 fully saturated rings. The van der Waals surface area contributed by atoms with Crippen molar-refractivity contribution in [2.45, 2.75) is 57.8 Å². The molecule has 2 aliphatic heterocycles. The van der Waals surface area contributed by atoms with E-state index in [0.29, 0.717) is 25.5 Å². The SMILES string of the molecule is COCCN1CC2(CCC1=O)CCN(c1nc(C)cc(C3CCC3)n1)CC2. The maximum Gasteiger partial charge on any atom is 0.225 e. The summed E-state index contributed by atoms with van der Waals surface area (Å²) in [6.45, 7) is 6.27. The Morgan fingerprint density at radius 3 is 2.67 bits per heavy atom. The molecule has 0 aromatic carbocycles. The summed E-state index contributed by atoms with van der Waals surface area (Å²) in [5, 5.41) is 0. The van der Waals surface area contributed by atoms with Gasteiger partial charge in [-0.2, -0.15) is 0 Å². The number of carbonyl (C=O) groups is 1. The Hall–Kier alpha value is -1.69. The number of hydrogen-bond donors (Lipinski definition) is 0. The maximum absolute atomic E-state index is 12.2. The van der Waals surface area contributed by atoms with Crippen LogP contribution in [0.4, 0.5) is 5.95 Å². The van der Waals surface area contributed by atoms with Crippen LogP contribution in [0.1, 0.15) is 62.3 Å². The van der Waals surface area contributed by atoms with Gasteiger partial charge in [-0.1, -0.05) is 6.42 Å². The lowest BCUT2D eigenvalue weighted by atomic mass is 9.72. The van der Waals surface area contributed by atoms with Gasteiger partial charge in [0.25, 0.3) is 0 Å². The lowest BCUT2D eigenvalue weighted by Gasteiger charge is -2.47. The number of ether oxygens (including phenoxy) is 1. The lowest BCUT2D eigenvalue weighted by molar-refractivity contribution is -0.139. The van der Waals surface area contributed by atoms with Crippen molar-refractivity contribution in [1.82, 2.24) is 14.9 Å². The molecule has 1 aromatic rings. The average Bonchev–Trinajstić information content (AvgIpc) is 2.61. The first kappa shape index (κ1) is 18.7. The van der Waals surface area contributed by atoms with Gasteiger partial charge in [0.2, 0.25) is 11.9 Å². The van der Waals surface area contributed by atoms with Crippen molar-refractivity contribution in [1.29, 1.82) is 0 Å². The lowest BCUT2D eigenvalue weighted by Crippen LogP contribution is -2.52. The minimum atomic E-state index is 0.263. The summed E-state index contributed by atoms with van der Waals surface area (Å²) in [6, 6.07) is 2.17. The van der Waals surface area contributed by atoms with Crippen LogP contribution in [0.2, 0.25) is 0 Å². The molecule has 6 heteroatoms. The number of methoxy groups -OCH3 is 1. The summed E-state index contributed by atoms with van der Waals surface area (Å²) < 4.78 is 5.18. The Morgan fingerprint density at radius 2 is 2.00 bits per heavy atom. The molecule has 1 aliphatic carbocycles. The maximum atomic E-state index is 12.2. The zero-order valence-electron chi connectivity index (χ0n) is 16.7. The average molecular weight is 373 g/mol. The standard InChI is InChI=1S/C21H32N4O2/c1-16-14-18(17-4-3-5-17)23-20(22-16)24-10-8-21(9-11-24)7-6-19(26)25(15-21)12-13-27-2/h14,17H,3-13,15H2,1-2H3. The number of aryl methyl sites for hydroxylation is 1. The number of hydrogen-bond acceptors (Lipinski definition) is 5. The molecule has 2 saturated heterocycles. The zero-order chi connectivity index (χ0) is 18.9. The highest BCUT2D eigenvalue weighted by Crippen LogP contribution is 2.41. The highest BCUT2D eigenvalue weighted by molar-refractivity contribution is 5.77. The first-order valence-electron chi connectivity index (χ1n) is 10.5. The molecule has 148 valence electrons. The fourth-order valence-corrected chi connectivity index (χ4v) is 4.73. The number of carbonyl (C=O) groups excluding carboxylic acids is 1. The van der Waals surface area contributed by atoms with Gasteiger partial charge in [0.1, 0.15) is 0 Å². The van der Waals surface area contributed by atoms with Crippen molar-refractivity contribution in [3.63, 3.8) is 0 Å². The van der Waals surface area contributed by atoms with Crippen LogP contribution < -0.4 is 4.90 Å². The number of nitrogens with zero attached hydrogens (tertiary/aromatic N) is 4. The van der Waals surface area contributed by atoms with Crippen LogP contribution in [0.15, 0.2) is 6.07 Å². The van der Waals surface area contributed by atoms with Gasteiger partial charge in [-0.25, -0.2) is 9.97 Å². The van der Waals surface area contributed by atoms with Crippen molar-refractivity contribution in [3.05, 3.63) is 17.5 Å². The minimum absolute atomic E-state index is 0.263. The van der Waals surface area contributed by atoms with Crippen molar-refractivity contribution < 1.29 is 9.53 Å². The summed E-state index contributed by atoms with van der Waals surface area (Å²) in [5.41, 5.74) is 2.58. The smallest absolute Gasteiger partial charge is 0.225 e. The summed E-state index contributed by atoms with van der Waals surface area (Å²) in [5.74, 6) is 1.84. The third kappa shape index (κ3) is 3.96. The van der Waals surface area contributed by atoms with E-state index in [1.165, 1.54) is 25.0 Å². The van der Waals surface area contributed by atoms with E-state index >= 15 is 0 Å². The molecule has 1 saturated carbocycles. The molecule has 1 amide bonds. The van der Waals surface area contributed by atoms with Crippen LogP contribution in [-0.4, -0.2) is 60.7 Å². The van der Waals surface area contributed by atoms with Crippen LogP contribution in [0.3, 0.4) is 0 Å². The van der Waals surface area contributed by atoms with Gasteiger partial charge in [-0.3, -0.25) is 4.79 Å². The second-order valence-corrected chi connectivity index (χ2v) is 8.66. The summed E-state index contributed by atoms with van der Waals surface area (Å²) in [6.07, 6.45) is 7.78. The monoisotopic (exact) mass is 372 g/mol. The normalized spacial score (nSPS) is 23.0. The van der Waals surface area contributed by atoms with Crippen molar-refractivity contribution in [3.8, 4) is 0 Å².